The normalized spacial score (nSPS) is 12.6. The van der Waals surface area contributed by atoms with Gasteiger partial charge < -0.3 is 14.6 Å². The number of hydrogen-bond donors (Lipinski definition) is 1. The minimum Gasteiger partial charge on any atom is -0.406 e. The van der Waals surface area contributed by atoms with E-state index in [1.54, 1.807) is 11.3 Å². The van der Waals surface area contributed by atoms with E-state index < -0.39 is 0 Å². The number of anilines is 1. The van der Waals surface area contributed by atoms with Gasteiger partial charge in [0.05, 0.1) is 12.6 Å². The fourth-order valence-corrected chi connectivity index (χ4v) is 2.55. The van der Waals surface area contributed by atoms with Gasteiger partial charge >= 0.3 is 6.01 Å². The second kappa shape index (κ2) is 6.68. The third kappa shape index (κ3) is 3.54. The third-order valence-electron chi connectivity index (χ3n) is 2.89. The first-order chi connectivity index (χ1) is 9.24. The first-order valence-electron chi connectivity index (χ1n) is 6.58. The molecular weight excluding hydrogens is 260 g/mol. The molecule has 0 bridgehead atoms. The lowest BCUT2D eigenvalue weighted by Gasteiger charge is -2.16. The Morgan fingerprint density at radius 2 is 2.26 bits per heavy atom. The summed E-state index contributed by atoms with van der Waals surface area (Å²) in [5, 5.41) is 13.6. The molecule has 1 N–H and O–H groups in total. The SMILES string of the molecule is CCNC(C)c1nnc(N(CC)Cc2cccs2)o1. The van der Waals surface area contributed by atoms with Crippen molar-refractivity contribution in [3.05, 3.63) is 28.3 Å². The first-order valence-corrected chi connectivity index (χ1v) is 7.46. The van der Waals surface area contributed by atoms with E-state index in [2.05, 4.69) is 51.8 Å². The number of thiophene rings is 1. The van der Waals surface area contributed by atoms with Crippen LogP contribution in [-0.2, 0) is 6.54 Å². The molecule has 19 heavy (non-hydrogen) atoms. The zero-order chi connectivity index (χ0) is 13.7. The van der Waals surface area contributed by atoms with Gasteiger partial charge in [-0.05, 0) is 31.8 Å². The van der Waals surface area contributed by atoms with Gasteiger partial charge in [-0.25, -0.2) is 0 Å². The number of rotatable bonds is 7. The maximum Gasteiger partial charge on any atom is 0.318 e. The Kier molecular flexibility index (Phi) is 4.93. The standard InChI is InChI=1S/C13H20N4OS/c1-4-14-10(3)12-15-16-13(18-12)17(5-2)9-11-7-6-8-19-11/h6-8,10,14H,4-5,9H2,1-3H3. The average molecular weight is 280 g/mol. The number of hydrogen-bond acceptors (Lipinski definition) is 6. The van der Waals surface area contributed by atoms with Crippen molar-refractivity contribution >= 4 is 17.4 Å². The van der Waals surface area contributed by atoms with Gasteiger partial charge in [0.2, 0.25) is 5.89 Å². The number of nitrogens with one attached hydrogen (secondary N) is 1. The number of nitrogens with zero attached hydrogens (tertiary/aromatic N) is 3. The molecule has 104 valence electrons. The van der Waals surface area contributed by atoms with Crippen LogP contribution in [0.25, 0.3) is 0 Å². The first kappa shape index (κ1) is 14.0. The van der Waals surface area contributed by atoms with Crippen molar-refractivity contribution in [2.24, 2.45) is 0 Å². The molecule has 0 radical (unpaired) electrons. The Bertz CT molecular complexity index is 483. The van der Waals surface area contributed by atoms with Crippen molar-refractivity contribution in [3.63, 3.8) is 0 Å². The lowest BCUT2D eigenvalue weighted by molar-refractivity contribution is 0.419. The highest BCUT2D eigenvalue weighted by Crippen LogP contribution is 2.20. The topological polar surface area (TPSA) is 54.2 Å². The van der Waals surface area contributed by atoms with Crippen molar-refractivity contribution in [2.75, 3.05) is 18.0 Å². The summed E-state index contributed by atoms with van der Waals surface area (Å²) >= 11 is 1.74. The van der Waals surface area contributed by atoms with Gasteiger partial charge in [-0.15, -0.1) is 16.4 Å². The monoisotopic (exact) mass is 280 g/mol. The Hall–Kier alpha value is -1.40. The van der Waals surface area contributed by atoms with E-state index in [1.807, 2.05) is 6.92 Å². The molecule has 0 aliphatic carbocycles. The van der Waals surface area contributed by atoms with Gasteiger partial charge in [-0.1, -0.05) is 18.1 Å². The third-order valence-corrected chi connectivity index (χ3v) is 3.75. The van der Waals surface area contributed by atoms with E-state index in [0.29, 0.717) is 11.9 Å². The molecule has 0 aromatic carbocycles. The zero-order valence-electron chi connectivity index (χ0n) is 11.6. The smallest absolute Gasteiger partial charge is 0.318 e. The Morgan fingerprint density at radius 3 is 2.89 bits per heavy atom. The quantitative estimate of drug-likeness (QED) is 0.845. The predicted molar refractivity (Wildman–Crippen MR) is 77.4 cm³/mol. The van der Waals surface area contributed by atoms with Crippen molar-refractivity contribution in [1.82, 2.24) is 15.5 Å². The summed E-state index contributed by atoms with van der Waals surface area (Å²) in [5.74, 6) is 0.640. The molecule has 0 saturated carbocycles. The molecule has 0 aliphatic rings. The van der Waals surface area contributed by atoms with Crippen LogP contribution in [0.3, 0.4) is 0 Å². The van der Waals surface area contributed by atoms with Crippen molar-refractivity contribution in [2.45, 2.75) is 33.4 Å². The van der Waals surface area contributed by atoms with E-state index in [0.717, 1.165) is 19.6 Å². The molecular formula is C13H20N4OS. The van der Waals surface area contributed by atoms with Gasteiger partial charge in [0.25, 0.3) is 0 Å². The summed E-state index contributed by atoms with van der Waals surface area (Å²) in [5.41, 5.74) is 0. The molecule has 5 nitrogen and oxygen atoms in total. The van der Waals surface area contributed by atoms with E-state index in [9.17, 15) is 0 Å². The Morgan fingerprint density at radius 1 is 1.42 bits per heavy atom. The van der Waals surface area contributed by atoms with Crippen LogP contribution in [0.4, 0.5) is 6.01 Å². The second-order valence-electron chi connectivity index (χ2n) is 4.30. The molecule has 2 aromatic rings. The molecule has 0 fully saturated rings. The molecule has 0 amide bonds. The largest absolute Gasteiger partial charge is 0.406 e. The summed E-state index contributed by atoms with van der Waals surface area (Å²) in [6.45, 7) is 8.70. The van der Waals surface area contributed by atoms with Gasteiger partial charge in [-0.2, -0.15) is 0 Å². The highest BCUT2D eigenvalue weighted by molar-refractivity contribution is 7.09. The minimum absolute atomic E-state index is 0.0895. The van der Waals surface area contributed by atoms with E-state index in [-0.39, 0.29) is 6.04 Å². The van der Waals surface area contributed by atoms with Crippen LogP contribution in [0.1, 0.15) is 37.6 Å². The Labute approximate surface area is 117 Å². The van der Waals surface area contributed by atoms with Crippen molar-refractivity contribution in [1.29, 1.82) is 0 Å². The number of aromatic nitrogens is 2. The van der Waals surface area contributed by atoms with E-state index in [4.69, 9.17) is 4.42 Å². The Balaban J connectivity index is 2.06. The fourth-order valence-electron chi connectivity index (χ4n) is 1.83. The predicted octanol–water partition coefficient (Wildman–Crippen LogP) is 2.83. The molecule has 6 heteroatoms. The second-order valence-corrected chi connectivity index (χ2v) is 5.33. The highest BCUT2D eigenvalue weighted by Gasteiger charge is 2.17. The van der Waals surface area contributed by atoms with Crippen LogP contribution in [0.2, 0.25) is 0 Å². The van der Waals surface area contributed by atoms with E-state index >= 15 is 0 Å². The molecule has 0 aliphatic heterocycles. The van der Waals surface area contributed by atoms with Crippen molar-refractivity contribution < 1.29 is 4.42 Å². The van der Waals surface area contributed by atoms with Crippen LogP contribution in [0.5, 0.6) is 0 Å². The molecule has 0 spiro atoms. The van der Waals surface area contributed by atoms with Crippen LogP contribution < -0.4 is 10.2 Å². The molecule has 2 heterocycles. The summed E-state index contributed by atoms with van der Waals surface area (Å²) < 4.78 is 5.75. The fraction of sp³-hybridized carbons (Fsp3) is 0.538. The molecule has 1 unspecified atom stereocenters. The van der Waals surface area contributed by atoms with Gasteiger partial charge in [0, 0.05) is 11.4 Å². The van der Waals surface area contributed by atoms with Crippen LogP contribution in [0.15, 0.2) is 21.9 Å². The summed E-state index contributed by atoms with van der Waals surface area (Å²) in [6, 6.07) is 4.86. The molecule has 0 saturated heterocycles. The van der Waals surface area contributed by atoms with E-state index in [1.165, 1.54) is 4.88 Å². The summed E-state index contributed by atoms with van der Waals surface area (Å²) in [4.78, 5) is 3.38. The van der Waals surface area contributed by atoms with Gasteiger partial charge in [0.1, 0.15) is 0 Å². The van der Waals surface area contributed by atoms with Gasteiger partial charge in [0.15, 0.2) is 0 Å². The van der Waals surface area contributed by atoms with Crippen LogP contribution >= 0.6 is 11.3 Å². The lowest BCUT2D eigenvalue weighted by atomic mass is 10.3. The van der Waals surface area contributed by atoms with Crippen LogP contribution in [-0.4, -0.2) is 23.3 Å². The van der Waals surface area contributed by atoms with Crippen molar-refractivity contribution in [3.8, 4) is 0 Å². The van der Waals surface area contributed by atoms with Crippen LogP contribution in [0, 0.1) is 0 Å². The summed E-state index contributed by atoms with van der Waals surface area (Å²) in [7, 11) is 0. The summed E-state index contributed by atoms with van der Waals surface area (Å²) in [6.07, 6.45) is 0. The van der Waals surface area contributed by atoms with Gasteiger partial charge in [-0.3, -0.25) is 0 Å². The average Bonchev–Trinajstić information content (AvgIpc) is 3.07. The highest BCUT2D eigenvalue weighted by atomic mass is 32.1. The zero-order valence-corrected chi connectivity index (χ0v) is 12.4. The molecule has 1 atom stereocenters. The molecule has 2 rings (SSSR count). The minimum atomic E-state index is 0.0895. The maximum atomic E-state index is 5.75. The molecule has 2 aromatic heterocycles. The maximum absolute atomic E-state index is 5.75. The lowest BCUT2D eigenvalue weighted by Crippen LogP contribution is -2.21.